The summed E-state index contributed by atoms with van der Waals surface area (Å²) in [7, 11) is 0. The molecule has 0 spiro atoms. The predicted octanol–water partition coefficient (Wildman–Crippen LogP) is 0.657. The van der Waals surface area contributed by atoms with E-state index in [9.17, 15) is 0 Å². The van der Waals surface area contributed by atoms with Gasteiger partial charge in [-0.15, -0.1) is 5.10 Å². The summed E-state index contributed by atoms with van der Waals surface area (Å²) in [6, 6.07) is 6.13. The topological polar surface area (TPSA) is 59.5 Å². The zero-order valence-corrected chi connectivity index (χ0v) is 9.08. The van der Waals surface area contributed by atoms with Crippen molar-refractivity contribution in [3.63, 3.8) is 0 Å². The van der Waals surface area contributed by atoms with Gasteiger partial charge in [-0.05, 0) is 25.0 Å². The molecule has 84 valence electrons. The van der Waals surface area contributed by atoms with Gasteiger partial charge in [-0.1, -0.05) is 6.07 Å². The molecule has 1 atom stereocenters. The van der Waals surface area contributed by atoms with Crippen molar-refractivity contribution >= 4 is 11.6 Å². The number of piperidine rings is 1. The third-order valence-corrected chi connectivity index (χ3v) is 2.97. The fourth-order valence-electron chi connectivity index (χ4n) is 2.15. The molecule has 0 saturated carbocycles. The number of rotatable bonds is 1. The summed E-state index contributed by atoms with van der Waals surface area (Å²) in [4.78, 5) is 6.66. The molecule has 3 heterocycles. The van der Waals surface area contributed by atoms with Gasteiger partial charge in [-0.25, -0.2) is 4.52 Å². The van der Waals surface area contributed by atoms with Crippen molar-refractivity contribution in [2.75, 3.05) is 18.0 Å². The molecule has 5 heteroatoms. The van der Waals surface area contributed by atoms with Crippen LogP contribution in [0.15, 0.2) is 24.4 Å². The van der Waals surface area contributed by atoms with Crippen molar-refractivity contribution in [1.29, 1.82) is 0 Å². The SMILES string of the molecule is N[C@@H]1CCCN(c2nc3ccccn3n2)C1. The van der Waals surface area contributed by atoms with Gasteiger partial charge in [0.1, 0.15) is 0 Å². The maximum Gasteiger partial charge on any atom is 0.245 e. The summed E-state index contributed by atoms with van der Waals surface area (Å²) in [5.41, 5.74) is 6.84. The van der Waals surface area contributed by atoms with Gasteiger partial charge in [0.25, 0.3) is 0 Å². The predicted molar refractivity (Wildman–Crippen MR) is 62.4 cm³/mol. The fraction of sp³-hybridized carbons (Fsp3) is 0.455. The number of aromatic nitrogens is 3. The molecule has 2 aromatic heterocycles. The van der Waals surface area contributed by atoms with Gasteiger partial charge in [0.05, 0.1) is 0 Å². The minimum atomic E-state index is 0.250. The Kier molecular flexibility index (Phi) is 2.25. The highest BCUT2D eigenvalue weighted by Gasteiger charge is 2.19. The first-order valence-electron chi connectivity index (χ1n) is 5.65. The number of hydrogen-bond donors (Lipinski definition) is 1. The highest BCUT2D eigenvalue weighted by molar-refractivity contribution is 5.44. The molecule has 0 bridgehead atoms. The van der Waals surface area contributed by atoms with Crippen LogP contribution in [0.1, 0.15) is 12.8 Å². The molecule has 3 rings (SSSR count). The van der Waals surface area contributed by atoms with Crippen molar-refractivity contribution in [2.45, 2.75) is 18.9 Å². The molecule has 1 aliphatic rings. The summed E-state index contributed by atoms with van der Waals surface area (Å²) >= 11 is 0. The second-order valence-electron chi connectivity index (χ2n) is 4.26. The molecular weight excluding hydrogens is 202 g/mol. The number of nitrogens with zero attached hydrogens (tertiary/aromatic N) is 4. The normalized spacial score (nSPS) is 21.6. The van der Waals surface area contributed by atoms with E-state index in [1.165, 1.54) is 0 Å². The molecule has 0 radical (unpaired) electrons. The van der Waals surface area contributed by atoms with Crippen molar-refractivity contribution in [1.82, 2.24) is 14.6 Å². The lowest BCUT2D eigenvalue weighted by atomic mass is 10.1. The third kappa shape index (κ3) is 1.63. The molecule has 0 aliphatic carbocycles. The average Bonchev–Trinajstić information content (AvgIpc) is 2.72. The summed E-state index contributed by atoms with van der Waals surface area (Å²) in [6.45, 7) is 1.86. The molecule has 1 saturated heterocycles. The average molecular weight is 217 g/mol. The van der Waals surface area contributed by atoms with Crippen LogP contribution in [0.2, 0.25) is 0 Å². The van der Waals surface area contributed by atoms with E-state index in [0.29, 0.717) is 0 Å². The number of anilines is 1. The Morgan fingerprint density at radius 2 is 2.31 bits per heavy atom. The second kappa shape index (κ2) is 3.75. The Bertz CT molecular complexity index is 459. The summed E-state index contributed by atoms with van der Waals surface area (Å²) in [6.07, 6.45) is 4.14. The van der Waals surface area contributed by atoms with Crippen molar-refractivity contribution in [3.05, 3.63) is 24.4 Å². The molecule has 16 heavy (non-hydrogen) atoms. The minimum absolute atomic E-state index is 0.250. The first kappa shape index (κ1) is 9.59. The molecule has 2 N–H and O–H groups in total. The summed E-state index contributed by atoms with van der Waals surface area (Å²) in [5.74, 6) is 0.793. The van der Waals surface area contributed by atoms with Crippen molar-refractivity contribution in [3.8, 4) is 0 Å². The number of nitrogens with two attached hydrogens (primary N) is 1. The molecule has 0 aromatic carbocycles. The van der Waals surface area contributed by atoms with Crippen LogP contribution < -0.4 is 10.6 Å². The van der Waals surface area contributed by atoms with E-state index in [1.54, 1.807) is 4.52 Å². The van der Waals surface area contributed by atoms with Crippen LogP contribution in [-0.4, -0.2) is 33.7 Å². The van der Waals surface area contributed by atoms with E-state index >= 15 is 0 Å². The molecule has 1 fully saturated rings. The van der Waals surface area contributed by atoms with Gasteiger partial charge < -0.3 is 10.6 Å². The maximum atomic E-state index is 5.95. The van der Waals surface area contributed by atoms with Gasteiger partial charge in [0, 0.05) is 25.3 Å². The number of pyridine rings is 1. The third-order valence-electron chi connectivity index (χ3n) is 2.97. The largest absolute Gasteiger partial charge is 0.338 e. The zero-order valence-electron chi connectivity index (χ0n) is 9.08. The van der Waals surface area contributed by atoms with Crippen LogP contribution in [0.25, 0.3) is 5.65 Å². The standard InChI is InChI=1S/C11H15N5/c12-9-4-3-6-15(8-9)11-13-10-5-1-2-7-16(10)14-11/h1-2,5,7,9H,3-4,6,8,12H2/t9-/m1/s1. The van der Waals surface area contributed by atoms with E-state index in [-0.39, 0.29) is 6.04 Å². The van der Waals surface area contributed by atoms with Crippen LogP contribution in [0, 0.1) is 0 Å². The minimum Gasteiger partial charge on any atom is -0.338 e. The van der Waals surface area contributed by atoms with Crippen molar-refractivity contribution < 1.29 is 0 Å². The Hall–Kier alpha value is -1.62. The lowest BCUT2D eigenvalue weighted by molar-refractivity contribution is 0.500. The Labute approximate surface area is 93.9 Å². The van der Waals surface area contributed by atoms with Crippen molar-refractivity contribution in [2.24, 2.45) is 5.73 Å². The lowest BCUT2D eigenvalue weighted by Gasteiger charge is -2.29. The molecule has 1 aliphatic heterocycles. The van der Waals surface area contributed by atoms with E-state index in [2.05, 4.69) is 15.0 Å². The van der Waals surface area contributed by atoms with E-state index in [4.69, 9.17) is 5.73 Å². The highest BCUT2D eigenvalue weighted by atomic mass is 15.4. The van der Waals surface area contributed by atoms with E-state index in [0.717, 1.165) is 37.5 Å². The van der Waals surface area contributed by atoms with Crippen LogP contribution in [0.3, 0.4) is 0 Å². The van der Waals surface area contributed by atoms with Crippen LogP contribution in [0.5, 0.6) is 0 Å². The van der Waals surface area contributed by atoms with Gasteiger partial charge in [0.15, 0.2) is 5.65 Å². The first-order chi connectivity index (χ1) is 7.83. The van der Waals surface area contributed by atoms with E-state index in [1.807, 2.05) is 24.4 Å². The fourth-order valence-corrected chi connectivity index (χ4v) is 2.15. The van der Waals surface area contributed by atoms with Crippen LogP contribution >= 0.6 is 0 Å². The molecular formula is C11H15N5. The monoisotopic (exact) mass is 217 g/mol. The zero-order chi connectivity index (χ0) is 11.0. The summed E-state index contributed by atoms with van der Waals surface area (Å²) in [5, 5.41) is 4.45. The summed E-state index contributed by atoms with van der Waals surface area (Å²) < 4.78 is 1.80. The molecule has 5 nitrogen and oxygen atoms in total. The molecule has 0 unspecified atom stereocenters. The van der Waals surface area contributed by atoms with Gasteiger partial charge >= 0.3 is 0 Å². The van der Waals surface area contributed by atoms with Crippen LogP contribution in [0.4, 0.5) is 5.95 Å². The maximum absolute atomic E-state index is 5.95. The number of hydrogen-bond acceptors (Lipinski definition) is 4. The second-order valence-corrected chi connectivity index (χ2v) is 4.26. The lowest BCUT2D eigenvalue weighted by Crippen LogP contribution is -2.43. The molecule has 2 aromatic rings. The number of fused-ring (bicyclic) bond motifs is 1. The Balaban J connectivity index is 1.93. The van der Waals surface area contributed by atoms with Crippen LogP contribution in [-0.2, 0) is 0 Å². The highest BCUT2D eigenvalue weighted by Crippen LogP contribution is 2.16. The van der Waals surface area contributed by atoms with Gasteiger partial charge in [-0.2, -0.15) is 4.98 Å². The molecule has 0 amide bonds. The van der Waals surface area contributed by atoms with E-state index < -0.39 is 0 Å². The Morgan fingerprint density at radius 1 is 1.38 bits per heavy atom. The first-order valence-corrected chi connectivity index (χ1v) is 5.65. The van der Waals surface area contributed by atoms with Gasteiger partial charge in [-0.3, -0.25) is 0 Å². The quantitative estimate of drug-likeness (QED) is 0.762. The van der Waals surface area contributed by atoms with Gasteiger partial charge in [0.2, 0.25) is 5.95 Å². The smallest absolute Gasteiger partial charge is 0.245 e. The Morgan fingerprint density at radius 3 is 3.12 bits per heavy atom.